The number of carbonyl (C=O) groups is 2. The average Bonchev–Trinajstić information content (AvgIpc) is 2.99. The molecule has 4 saturated carbocycles. The number of aliphatic carboxylic acids is 1. The normalized spacial score (nSPS) is 46.8. The van der Waals surface area contributed by atoms with Crippen molar-refractivity contribution in [1.29, 1.82) is 0 Å². The van der Waals surface area contributed by atoms with E-state index in [4.69, 9.17) is 5.11 Å². The van der Waals surface area contributed by atoms with Gasteiger partial charge in [-0.2, -0.15) is 0 Å². The topological polar surface area (TPSA) is 54.4 Å². The highest BCUT2D eigenvalue weighted by Gasteiger charge is 2.60. The Morgan fingerprint density at radius 2 is 1.75 bits per heavy atom. The van der Waals surface area contributed by atoms with E-state index < -0.39 is 5.97 Å². The first-order valence-electron chi connectivity index (χ1n) is 11.3. The van der Waals surface area contributed by atoms with Gasteiger partial charge in [-0.1, -0.05) is 31.6 Å². The van der Waals surface area contributed by atoms with Crippen LogP contribution in [-0.2, 0) is 9.59 Å². The van der Waals surface area contributed by atoms with Crippen LogP contribution < -0.4 is 0 Å². The molecule has 28 heavy (non-hydrogen) atoms. The Bertz CT molecular complexity index is 719. The van der Waals surface area contributed by atoms with Gasteiger partial charge in [-0.15, -0.1) is 0 Å². The molecule has 0 aliphatic heterocycles. The number of carbonyl (C=O) groups excluding carboxylic acids is 1. The summed E-state index contributed by atoms with van der Waals surface area (Å²) < 4.78 is 0. The SMILES string of the molecule is CC(=O)[C@H]1CC[C@H]2[C@@H]3CC[C@@H]4CC(=CC=CC(=O)O)CC[C@]4(C)[C@H]3CC[C@]12C. The molecule has 154 valence electrons. The van der Waals surface area contributed by atoms with E-state index in [-0.39, 0.29) is 5.41 Å². The summed E-state index contributed by atoms with van der Waals surface area (Å²) in [4.78, 5) is 23.0. The van der Waals surface area contributed by atoms with Crippen molar-refractivity contribution in [3.63, 3.8) is 0 Å². The molecule has 4 aliphatic carbocycles. The first-order chi connectivity index (χ1) is 13.3. The van der Waals surface area contributed by atoms with Crippen LogP contribution in [0.5, 0.6) is 0 Å². The molecule has 0 aromatic rings. The van der Waals surface area contributed by atoms with Gasteiger partial charge in [0.25, 0.3) is 0 Å². The third-order valence-electron chi connectivity index (χ3n) is 9.62. The van der Waals surface area contributed by atoms with Gasteiger partial charge in [0.2, 0.25) is 0 Å². The maximum absolute atomic E-state index is 12.3. The van der Waals surface area contributed by atoms with Gasteiger partial charge in [0.05, 0.1) is 0 Å². The van der Waals surface area contributed by atoms with Crippen LogP contribution in [0.25, 0.3) is 0 Å². The van der Waals surface area contributed by atoms with Gasteiger partial charge in [0.15, 0.2) is 0 Å². The number of Topliss-reactive ketones (excluding diaryl/α,β-unsaturated/α-hetero) is 1. The molecule has 0 amide bonds. The Balaban J connectivity index is 1.52. The van der Waals surface area contributed by atoms with E-state index in [1.165, 1.54) is 50.2 Å². The fraction of sp³-hybridized carbons (Fsp3) is 0.760. The Kier molecular flexibility index (Phi) is 5.08. The molecule has 0 heterocycles. The molecule has 0 radical (unpaired) electrons. The van der Waals surface area contributed by atoms with E-state index in [2.05, 4.69) is 13.8 Å². The number of rotatable bonds is 3. The molecule has 7 atom stereocenters. The second-order valence-electron chi connectivity index (χ2n) is 10.7. The van der Waals surface area contributed by atoms with Crippen molar-refractivity contribution in [2.75, 3.05) is 0 Å². The third kappa shape index (κ3) is 3.09. The lowest BCUT2D eigenvalue weighted by atomic mass is 9.44. The van der Waals surface area contributed by atoms with Crippen LogP contribution in [0.2, 0.25) is 0 Å². The molecular weight excluding hydrogens is 348 g/mol. The summed E-state index contributed by atoms with van der Waals surface area (Å²) in [5, 5.41) is 8.81. The quantitative estimate of drug-likeness (QED) is 0.626. The van der Waals surface area contributed by atoms with E-state index in [0.717, 1.165) is 42.9 Å². The third-order valence-corrected chi connectivity index (χ3v) is 9.62. The van der Waals surface area contributed by atoms with Crippen LogP contribution in [0.4, 0.5) is 0 Å². The van der Waals surface area contributed by atoms with Crippen LogP contribution in [0.1, 0.15) is 78.6 Å². The summed E-state index contributed by atoms with van der Waals surface area (Å²) in [6.07, 6.45) is 16.0. The lowest BCUT2D eigenvalue weighted by Gasteiger charge is -2.60. The van der Waals surface area contributed by atoms with Crippen molar-refractivity contribution in [3.05, 3.63) is 23.8 Å². The molecule has 0 bridgehead atoms. The van der Waals surface area contributed by atoms with Gasteiger partial charge in [-0.05, 0) is 99.2 Å². The minimum absolute atomic E-state index is 0.248. The van der Waals surface area contributed by atoms with Gasteiger partial charge in [0.1, 0.15) is 5.78 Å². The summed E-state index contributed by atoms with van der Waals surface area (Å²) in [5.41, 5.74) is 2.10. The highest BCUT2D eigenvalue weighted by atomic mass is 16.4. The molecule has 0 saturated heterocycles. The van der Waals surface area contributed by atoms with Crippen LogP contribution in [0.15, 0.2) is 23.8 Å². The zero-order chi connectivity index (χ0) is 20.1. The monoisotopic (exact) mass is 384 g/mol. The summed E-state index contributed by atoms with van der Waals surface area (Å²) >= 11 is 0. The predicted molar refractivity (Wildman–Crippen MR) is 111 cm³/mol. The van der Waals surface area contributed by atoms with E-state index in [1.807, 2.05) is 13.0 Å². The van der Waals surface area contributed by atoms with E-state index >= 15 is 0 Å². The van der Waals surface area contributed by atoms with E-state index in [9.17, 15) is 9.59 Å². The van der Waals surface area contributed by atoms with Gasteiger partial charge in [-0.25, -0.2) is 4.79 Å². The minimum Gasteiger partial charge on any atom is -0.478 e. The Labute approximate surface area is 169 Å². The van der Waals surface area contributed by atoms with Crippen molar-refractivity contribution in [2.45, 2.75) is 78.6 Å². The lowest BCUT2D eigenvalue weighted by Crippen LogP contribution is -2.53. The van der Waals surface area contributed by atoms with Crippen LogP contribution in [0, 0.1) is 40.4 Å². The summed E-state index contributed by atoms with van der Waals surface area (Å²) in [5.74, 6) is 2.95. The number of allylic oxidation sites excluding steroid dienone is 3. The van der Waals surface area contributed by atoms with E-state index in [1.54, 1.807) is 6.08 Å². The van der Waals surface area contributed by atoms with Gasteiger partial charge in [-0.3, -0.25) is 4.79 Å². The predicted octanol–water partition coefficient (Wildman–Crippen LogP) is 5.80. The Hall–Kier alpha value is -1.38. The maximum Gasteiger partial charge on any atom is 0.328 e. The van der Waals surface area contributed by atoms with Crippen molar-refractivity contribution in [1.82, 2.24) is 0 Å². The van der Waals surface area contributed by atoms with Crippen molar-refractivity contribution < 1.29 is 14.7 Å². The number of fused-ring (bicyclic) bond motifs is 5. The Morgan fingerprint density at radius 1 is 1.00 bits per heavy atom. The minimum atomic E-state index is -0.872. The first-order valence-corrected chi connectivity index (χ1v) is 11.3. The van der Waals surface area contributed by atoms with Gasteiger partial charge >= 0.3 is 5.97 Å². The van der Waals surface area contributed by atoms with Crippen molar-refractivity contribution in [3.8, 4) is 0 Å². The molecule has 3 heteroatoms. The standard InChI is InChI=1S/C25H36O3/c1-16(26)20-9-10-21-19-8-7-18-15-17(5-4-6-23(27)28)11-13-24(18,2)22(19)12-14-25(20,21)3/h4-6,18-22H,7-15H2,1-3H3,(H,27,28)/t18-,19+,20-,21+,22+,24+,25-/m1/s1. The zero-order valence-corrected chi connectivity index (χ0v) is 17.7. The molecule has 0 spiro atoms. The summed E-state index contributed by atoms with van der Waals surface area (Å²) in [6.45, 7) is 6.80. The molecule has 0 aromatic carbocycles. The maximum atomic E-state index is 12.3. The highest BCUT2D eigenvalue weighted by molar-refractivity contribution is 5.80. The molecule has 0 aromatic heterocycles. The number of hydrogen-bond donors (Lipinski definition) is 1. The first kappa shape index (κ1) is 19.9. The van der Waals surface area contributed by atoms with Crippen LogP contribution in [-0.4, -0.2) is 16.9 Å². The van der Waals surface area contributed by atoms with Crippen LogP contribution >= 0.6 is 0 Å². The fourth-order valence-electron chi connectivity index (χ4n) is 8.19. The second-order valence-corrected chi connectivity index (χ2v) is 10.7. The van der Waals surface area contributed by atoms with Crippen molar-refractivity contribution >= 4 is 11.8 Å². The molecule has 4 fully saturated rings. The number of hydrogen-bond acceptors (Lipinski definition) is 2. The van der Waals surface area contributed by atoms with Gasteiger partial charge < -0.3 is 5.11 Å². The summed E-state index contributed by atoms with van der Waals surface area (Å²) in [7, 11) is 0. The second kappa shape index (κ2) is 7.15. The average molecular weight is 385 g/mol. The van der Waals surface area contributed by atoms with Gasteiger partial charge in [0, 0.05) is 12.0 Å². The Morgan fingerprint density at radius 3 is 2.46 bits per heavy atom. The molecule has 1 N–H and O–H groups in total. The lowest BCUT2D eigenvalue weighted by molar-refractivity contribution is -0.132. The molecule has 4 aliphatic rings. The molecule has 0 unspecified atom stereocenters. The number of carboxylic acids is 1. The largest absolute Gasteiger partial charge is 0.478 e. The fourth-order valence-corrected chi connectivity index (χ4v) is 8.19. The summed E-state index contributed by atoms with van der Waals surface area (Å²) in [6, 6.07) is 0. The van der Waals surface area contributed by atoms with E-state index in [0.29, 0.717) is 17.1 Å². The number of ketones is 1. The van der Waals surface area contributed by atoms with Crippen molar-refractivity contribution in [2.24, 2.45) is 40.4 Å². The van der Waals surface area contributed by atoms with Crippen LogP contribution in [0.3, 0.4) is 0 Å². The number of carboxylic acid groups (broad SMARTS) is 1. The highest BCUT2D eigenvalue weighted by Crippen LogP contribution is 2.67. The smallest absolute Gasteiger partial charge is 0.328 e. The zero-order valence-electron chi connectivity index (χ0n) is 17.7. The molecule has 4 rings (SSSR count). The molecular formula is C25H36O3. The molecule has 3 nitrogen and oxygen atoms in total.